The van der Waals surface area contributed by atoms with E-state index in [0.29, 0.717) is 11.5 Å². The lowest BCUT2D eigenvalue weighted by molar-refractivity contribution is -0.145. The van der Waals surface area contributed by atoms with Crippen molar-refractivity contribution in [2.75, 3.05) is 13.6 Å². The van der Waals surface area contributed by atoms with Crippen LogP contribution in [0.4, 0.5) is 0 Å². The van der Waals surface area contributed by atoms with Gasteiger partial charge in [0.1, 0.15) is 23.0 Å². The zero-order valence-electron chi connectivity index (χ0n) is 20.9. The Morgan fingerprint density at radius 3 is 1.41 bits per heavy atom. The lowest BCUT2D eigenvalue weighted by Gasteiger charge is -2.09. The molecule has 0 aliphatic rings. The maximum atomic E-state index is 12.4. The van der Waals surface area contributed by atoms with Crippen LogP contribution in [0.15, 0.2) is 97.6 Å². The van der Waals surface area contributed by atoms with Gasteiger partial charge in [0.25, 0.3) is 0 Å². The summed E-state index contributed by atoms with van der Waals surface area (Å²) in [6, 6.07) is 18.0. The van der Waals surface area contributed by atoms with Crippen LogP contribution in [0.25, 0.3) is 0 Å². The van der Waals surface area contributed by atoms with Crippen molar-refractivity contribution in [3.8, 4) is 23.0 Å². The van der Waals surface area contributed by atoms with Gasteiger partial charge in [-0.2, -0.15) is 0 Å². The second-order valence-electron chi connectivity index (χ2n) is 7.70. The van der Waals surface area contributed by atoms with E-state index in [0.717, 1.165) is 6.08 Å². The van der Waals surface area contributed by atoms with Crippen molar-refractivity contribution < 1.29 is 47.6 Å². The third-order valence-corrected chi connectivity index (χ3v) is 4.78. The van der Waals surface area contributed by atoms with Crippen LogP contribution in [0.1, 0.15) is 27.6 Å². The Labute approximate surface area is 224 Å². The first kappa shape index (κ1) is 28.2. The summed E-state index contributed by atoms with van der Waals surface area (Å²) >= 11 is 0. The van der Waals surface area contributed by atoms with Gasteiger partial charge in [-0.05, 0) is 79.7 Å². The van der Waals surface area contributed by atoms with Crippen molar-refractivity contribution in [1.29, 1.82) is 0 Å². The Balaban J connectivity index is 1.47. The maximum absolute atomic E-state index is 12.4. The molecule has 0 aliphatic carbocycles. The molecular weight excluding hydrogens is 508 g/mol. The topological polar surface area (TPSA) is 124 Å². The lowest BCUT2D eigenvalue weighted by atomic mass is 10.2. The fourth-order valence-corrected chi connectivity index (χ4v) is 2.77. The van der Waals surface area contributed by atoms with Crippen molar-refractivity contribution in [3.63, 3.8) is 0 Å². The molecule has 0 radical (unpaired) electrons. The van der Waals surface area contributed by atoms with Crippen LogP contribution < -0.4 is 18.9 Å². The highest BCUT2D eigenvalue weighted by atomic mass is 16.7. The zero-order chi connectivity index (χ0) is 28.2. The fraction of sp³-hybridized carbons (Fsp3) is 0.103. The van der Waals surface area contributed by atoms with Gasteiger partial charge in [0, 0.05) is 11.6 Å². The molecule has 0 aromatic heterocycles. The minimum Gasteiger partial charge on any atom is -0.457 e. The molecule has 0 spiro atoms. The first-order valence-corrected chi connectivity index (χ1v) is 11.4. The summed E-state index contributed by atoms with van der Waals surface area (Å²) in [7, 11) is 0. The number of hydrogen-bond donors (Lipinski definition) is 0. The lowest BCUT2D eigenvalue weighted by Crippen LogP contribution is -2.11. The molecule has 10 nitrogen and oxygen atoms in total. The highest BCUT2D eigenvalue weighted by Gasteiger charge is 2.12. The number of hydrogen-bond acceptors (Lipinski definition) is 10. The van der Waals surface area contributed by atoms with E-state index in [2.05, 4.69) is 13.2 Å². The number of carbonyl (C=O) groups excluding carboxylic acids is 4. The molecule has 200 valence electrons. The molecule has 0 fully saturated rings. The van der Waals surface area contributed by atoms with Gasteiger partial charge >= 0.3 is 23.9 Å². The van der Waals surface area contributed by atoms with Crippen molar-refractivity contribution in [3.05, 3.63) is 109 Å². The van der Waals surface area contributed by atoms with Gasteiger partial charge in [-0.3, -0.25) is 0 Å². The predicted molar refractivity (Wildman–Crippen MR) is 137 cm³/mol. The van der Waals surface area contributed by atoms with Gasteiger partial charge in [0.2, 0.25) is 13.6 Å². The molecule has 39 heavy (non-hydrogen) atoms. The summed E-state index contributed by atoms with van der Waals surface area (Å²) in [5.41, 5.74) is 0.789. The molecular formula is C29H24O10. The van der Waals surface area contributed by atoms with Crippen molar-refractivity contribution in [1.82, 2.24) is 0 Å². The van der Waals surface area contributed by atoms with Gasteiger partial charge in [-0.15, -0.1) is 0 Å². The van der Waals surface area contributed by atoms with Gasteiger partial charge in [-0.25, -0.2) is 19.2 Å². The first-order chi connectivity index (χ1) is 18.7. The van der Waals surface area contributed by atoms with Crippen LogP contribution in [0.5, 0.6) is 23.0 Å². The maximum Gasteiger partial charge on any atom is 0.343 e. The molecule has 0 atom stereocenters. The van der Waals surface area contributed by atoms with Crippen LogP contribution in [-0.4, -0.2) is 37.5 Å². The molecule has 0 saturated carbocycles. The number of benzene rings is 3. The Morgan fingerprint density at radius 2 is 1.03 bits per heavy atom. The standard InChI is InChI=1S/C29H24O10/c1-4-26(30)36-17-34-22-9-5-20(6-10-22)28(32)38-24-13-15-25(16-14-24)39-29(33)21-7-11-23(12-8-21)35-18-37-27(31)19(2)3/h4-16H,1-2,17-18H2,3H3. The number of rotatable bonds is 12. The van der Waals surface area contributed by atoms with E-state index in [1.807, 2.05) is 0 Å². The van der Waals surface area contributed by atoms with Crippen molar-refractivity contribution >= 4 is 23.9 Å². The summed E-state index contributed by atoms with van der Waals surface area (Å²) in [5.74, 6) is -1.14. The van der Waals surface area contributed by atoms with Crippen LogP contribution in [0.3, 0.4) is 0 Å². The molecule has 0 amide bonds. The van der Waals surface area contributed by atoms with E-state index in [1.54, 1.807) is 0 Å². The Hall–Kier alpha value is -5.38. The summed E-state index contributed by atoms with van der Waals surface area (Å²) in [4.78, 5) is 47.2. The zero-order valence-corrected chi connectivity index (χ0v) is 20.9. The van der Waals surface area contributed by atoms with E-state index in [-0.39, 0.29) is 41.8 Å². The SMILES string of the molecule is C=CC(=O)OCOc1ccc(C(=O)Oc2ccc(OC(=O)c3ccc(OCOC(=O)C(=C)C)cc3)cc2)cc1. The van der Waals surface area contributed by atoms with Crippen LogP contribution in [0, 0.1) is 0 Å². The number of carbonyl (C=O) groups is 4. The predicted octanol–water partition coefficient (Wildman–Crippen LogP) is 4.65. The third kappa shape index (κ3) is 8.90. The van der Waals surface area contributed by atoms with Gasteiger partial charge in [0.15, 0.2) is 0 Å². The minimum atomic E-state index is -0.614. The molecule has 0 aliphatic heterocycles. The highest BCUT2D eigenvalue weighted by molar-refractivity contribution is 5.92. The Bertz CT molecular complexity index is 1340. The van der Waals surface area contributed by atoms with E-state index in [4.69, 9.17) is 28.4 Å². The van der Waals surface area contributed by atoms with Crippen molar-refractivity contribution in [2.24, 2.45) is 0 Å². The largest absolute Gasteiger partial charge is 0.457 e. The van der Waals surface area contributed by atoms with E-state index in [1.165, 1.54) is 79.7 Å². The van der Waals surface area contributed by atoms with Crippen LogP contribution in [-0.2, 0) is 19.1 Å². The van der Waals surface area contributed by atoms with Crippen LogP contribution >= 0.6 is 0 Å². The second-order valence-corrected chi connectivity index (χ2v) is 7.70. The average molecular weight is 533 g/mol. The minimum absolute atomic E-state index is 0.241. The number of esters is 4. The molecule has 3 aromatic rings. The summed E-state index contributed by atoms with van der Waals surface area (Å²) in [6.45, 7) is 7.69. The summed E-state index contributed by atoms with van der Waals surface area (Å²) < 4.78 is 30.8. The van der Waals surface area contributed by atoms with Gasteiger partial charge < -0.3 is 28.4 Å². The van der Waals surface area contributed by atoms with E-state index in [9.17, 15) is 19.2 Å². The highest BCUT2D eigenvalue weighted by Crippen LogP contribution is 2.21. The average Bonchev–Trinajstić information content (AvgIpc) is 2.94. The quantitative estimate of drug-likeness (QED) is 0.141. The van der Waals surface area contributed by atoms with Gasteiger partial charge in [0.05, 0.1) is 11.1 Å². The second kappa shape index (κ2) is 13.8. The molecule has 0 heterocycles. The van der Waals surface area contributed by atoms with Crippen LogP contribution in [0.2, 0.25) is 0 Å². The third-order valence-electron chi connectivity index (χ3n) is 4.78. The molecule has 0 unspecified atom stereocenters. The molecule has 0 saturated heterocycles. The van der Waals surface area contributed by atoms with Crippen molar-refractivity contribution in [2.45, 2.75) is 6.92 Å². The number of ether oxygens (including phenoxy) is 6. The monoisotopic (exact) mass is 532 g/mol. The Kier molecular flexibility index (Phi) is 9.97. The normalized spacial score (nSPS) is 9.97. The smallest absolute Gasteiger partial charge is 0.343 e. The molecule has 0 bridgehead atoms. The molecule has 10 heteroatoms. The van der Waals surface area contributed by atoms with E-state index >= 15 is 0 Å². The first-order valence-electron chi connectivity index (χ1n) is 11.4. The van der Waals surface area contributed by atoms with E-state index < -0.39 is 23.9 Å². The molecule has 3 aromatic carbocycles. The van der Waals surface area contributed by atoms with Gasteiger partial charge in [-0.1, -0.05) is 13.2 Å². The Morgan fingerprint density at radius 1 is 0.641 bits per heavy atom. The molecule has 3 rings (SSSR count). The fourth-order valence-electron chi connectivity index (χ4n) is 2.77. The molecule has 0 N–H and O–H groups in total. The summed E-state index contributed by atoms with van der Waals surface area (Å²) in [5, 5.41) is 0. The summed E-state index contributed by atoms with van der Waals surface area (Å²) in [6.07, 6.45) is 1.02.